The van der Waals surface area contributed by atoms with E-state index in [2.05, 4.69) is 20.8 Å². The Labute approximate surface area is 175 Å². The van der Waals surface area contributed by atoms with Gasteiger partial charge in [0.05, 0.1) is 0 Å². The van der Waals surface area contributed by atoms with Crippen molar-refractivity contribution in [3.8, 4) is 0 Å². The van der Waals surface area contributed by atoms with Crippen LogP contribution in [0.4, 0.5) is 14.5 Å². The molecule has 0 spiro atoms. The maximum absolute atomic E-state index is 14.2. The number of nitrogens with zero attached hydrogens (tertiary/aromatic N) is 5. The van der Waals surface area contributed by atoms with Crippen molar-refractivity contribution in [2.75, 3.05) is 18.0 Å². The molecule has 0 amide bonds. The van der Waals surface area contributed by atoms with Crippen LogP contribution in [0.3, 0.4) is 0 Å². The molecular formula is C21H29F2N7. The highest BCUT2D eigenvalue weighted by atomic mass is 19.1. The van der Waals surface area contributed by atoms with Gasteiger partial charge in [0, 0.05) is 32.2 Å². The molecule has 162 valence electrons. The second-order valence-corrected chi connectivity index (χ2v) is 8.16. The summed E-state index contributed by atoms with van der Waals surface area (Å²) in [7, 11) is 1.93. The van der Waals surface area contributed by atoms with Crippen LogP contribution in [0.25, 0.3) is 0 Å². The Bertz CT molecular complexity index is 885. The van der Waals surface area contributed by atoms with Gasteiger partial charge in [0.25, 0.3) is 0 Å². The molecule has 1 saturated heterocycles. The Morgan fingerprint density at radius 2 is 1.80 bits per heavy atom. The lowest BCUT2D eigenvalue weighted by atomic mass is 10.2. The summed E-state index contributed by atoms with van der Waals surface area (Å²) in [5.41, 5.74) is 0.0543. The number of nitrogens with one attached hydrogen (secondary N) is 2. The molecular weight excluding hydrogens is 388 g/mol. The summed E-state index contributed by atoms with van der Waals surface area (Å²) in [6, 6.07) is 4.45. The smallest absolute Gasteiger partial charge is 0.192 e. The molecule has 2 N–H and O–H groups in total. The minimum atomic E-state index is -0.522. The molecule has 2 aromatic rings. The van der Waals surface area contributed by atoms with Gasteiger partial charge < -0.3 is 20.1 Å². The highest BCUT2D eigenvalue weighted by Gasteiger charge is 2.28. The van der Waals surface area contributed by atoms with E-state index < -0.39 is 11.6 Å². The summed E-state index contributed by atoms with van der Waals surface area (Å²) < 4.78 is 30.2. The molecule has 1 unspecified atom stereocenters. The number of aryl methyl sites for hydroxylation is 1. The average molecular weight is 418 g/mol. The van der Waals surface area contributed by atoms with Gasteiger partial charge in [0.2, 0.25) is 0 Å². The molecule has 0 bridgehead atoms. The fourth-order valence-corrected chi connectivity index (χ4v) is 4.20. The van der Waals surface area contributed by atoms with Gasteiger partial charge in [-0.25, -0.2) is 13.8 Å². The number of hydrogen-bond donors (Lipinski definition) is 2. The quantitative estimate of drug-likeness (QED) is 0.578. The van der Waals surface area contributed by atoms with E-state index in [0.717, 1.165) is 36.9 Å². The van der Waals surface area contributed by atoms with Crippen LogP contribution in [0, 0.1) is 18.6 Å². The number of para-hydroxylation sites is 1. The van der Waals surface area contributed by atoms with Crippen molar-refractivity contribution < 1.29 is 8.78 Å². The monoisotopic (exact) mass is 417 g/mol. The Morgan fingerprint density at radius 1 is 1.10 bits per heavy atom. The molecule has 1 saturated carbocycles. The van der Waals surface area contributed by atoms with Crippen LogP contribution < -0.4 is 15.5 Å². The number of aliphatic imine (C=N–C) groups is 1. The fourth-order valence-electron chi connectivity index (χ4n) is 4.20. The van der Waals surface area contributed by atoms with Crippen LogP contribution in [-0.4, -0.2) is 45.9 Å². The molecule has 2 heterocycles. The van der Waals surface area contributed by atoms with E-state index in [1.807, 2.05) is 18.5 Å². The maximum Gasteiger partial charge on any atom is 0.192 e. The molecule has 1 aromatic carbocycles. The summed E-state index contributed by atoms with van der Waals surface area (Å²) in [5.74, 6) is 1.32. The SMILES string of the molecule is Cc1nnc(CN=C(NC2CCCC2)NC2CCN(c3c(F)cccc3F)C2)n1C. The van der Waals surface area contributed by atoms with Crippen molar-refractivity contribution in [2.24, 2.45) is 12.0 Å². The normalized spacial score (nSPS) is 20.2. The zero-order valence-electron chi connectivity index (χ0n) is 17.5. The number of rotatable bonds is 5. The van der Waals surface area contributed by atoms with Crippen LogP contribution in [0.1, 0.15) is 43.8 Å². The predicted molar refractivity (Wildman–Crippen MR) is 112 cm³/mol. The van der Waals surface area contributed by atoms with Gasteiger partial charge in [-0.1, -0.05) is 18.9 Å². The first-order chi connectivity index (χ1) is 14.5. The molecule has 1 atom stereocenters. The van der Waals surface area contributed by atoms with Crippen molar-refractivity contribution >= 4 is 11.6 Å². The topological polar surface area (TPSA) is 70.4 Å². The zero-order valence-corrected chi connectivity index (χ0v) is 17.5. The lowest BCUT2D eigenvalue weighted by Crippen LogP contribution is -2.47. The van der Waals surface area contributed by atoms with E-state index in [1.54, 1.807) is 4.90 Å². The average Bonchev–Trinajstić information content (AvgIpc) is 3.45. The maximum atomic E-state index is 14.2. The first-order valence-corrected chi connectivity index (χ1v) is 10.6. The number of halogens is 2. The van der Waals surface area contributed by atoms with Crippen molar-refractivity contribution in [2.45, 2.75) is 57.7 Å². The molecule has 1 aromatic heterocycles. The van der Waals surface area contributed by atoms with Gasteiger partial charge in [-0.15, -0.1) is 10.2 Å². The number of benzene rings is 1. The molecule has 9 heteroatoms. The summed E-state index contributed by atoms with van der Waals surface area (Å²) in [5, 5.41) is 15.3. The van der Waals surface area contributed by atoms with Crippen molar-refractivity contribution in [1.29, 1.82) is 0 Å². The van der Waals surface area contributed by atoms with Gasteiger partial charge in [-0.05, 0) is 38.3 Å². The lowest BCUT2D eigenvalue weighted by Gasteiger charge is -2.23. The molecule has 4 rings (SSSR count). The van der Waals surface area contributed by atoms with E-state index in [-0.39, 0.29) is 11.7 Å². The molecule has 1 aliphatic carbocycles. The second-order valence-electron chi connectivity index (χ2n) is 8.16. The van der Waals surface area contributed by atoms with E-state index >= 15 is 0 Å². The Balaban J connectivity index is 1.45. The van der Waals surface area contributed by atoms with Crippen LogP contribution in [0.2, 0.25) is 0 Å². The number of guanidine groups is 1. The third kappa shape index (κ3) is 4.55. The Hall–Kier alpha value is -2.71. The van der Waals surface area contributed by atoms with E-state index in [1.165, 1.54) is 31.0 Å². The minimum absolute atomic E-state index is 0.0536. The molecule has 1 aliphatic heterocycles. The number of hydrogen-bond acceptors (Lipinski definition) is 4. The van der Waals surface area contributed by atoms with Crippen LogP contribution >= 0.6 is 0 Å². The largest absolute Gasteiger partial charge is 0.365 e. The highest BCUT2D eigenvalue weighted by Crippen LogP contribution is 2.26. The van der Waals surface area contributed by atoms with E-state index in [9.17, 15) is 8.78 Å². The summed E-state index contributed by atoms with van der Waals surface area (Å²) >= 11 is 0. The Kier molecular flexibility index (Phi) is 6.15. The van der Waals surface area contributed by atoms with Gasteiger partial charge in [-0.2, -0.15) is 0 Å². The highest BCUT2D eigenvalue weighted by molar-refractivity contribution is 5.80. The van der Waals surface area contributed by atoms with Crippen LogP contribution in [-0.2, 0) is 13.6 Å². The Morgan fingerprint density at radius 3 is 2.47 bits per heavy atom. The lowest BCUT2D eigenvalue weighted by molar-refractivity contribution is 0.572. The van der Waals surface area contributed by atoms with Gasteiger partial charge in [-0.3, -0.25) is 0 Å². The van der Waals surface area contributed by atoms with Crippen molar-refractivity contribution in [1.82, 2.24) is 25.4 Å². The first kappa shape index (κ1) is 20.6. The molecule has 2 aliphatic rings. The second kappa shape index (κ2) is 8.97. The van der Waals surface area contributed by atoms with Gasteiger partial charge in [0.15, 0.2) is 11.8 Å². The summed E-state index contributed by atoms with van der Waals surface area (Å²) in [4.78, 5) is 6.50. The van der Waals surface area contributed by atoms with Gasteiger partial charge >= 0.3 is 0 Å². The number of anilines is 1. The van der Waals surface area contributed by atoms with Crippen LogP contribution in [0.5, 0.6) is 0 Å². The third-order valence-electron chi connectivity index (χ3n) is 6.04. The number of aromatic nitrogens is 3. The van der Waals surface area contributed by atoms with Crippen molar-refractivity contribution in [3.05, 3.63) is 41.5 Å². The van der Waals surface area contributed by atoms with E-state index in [0.29, 0.717) is 25.7 Å². The molecule has 7 nitrogen and oxygen atoms in total. The van der Waals surface area contributed by atoms with E-state index in [4.69, 9.17) is 4.99 Å². The summed E-state index contributed by atoms with van der Waals surface area (Å²) in [6.45, 7) is 3.43. The van der Waals surface area contributed by atoms with Crippen molar-refractivity contribution in [3.63, 3.8) is 0 Å². The first-order valence-electron chi connectivity index (χ1n) is 10.6. The predicted octanol–water partition coefficient (Wildman–Crippen LogP) is 2.66. The zero-order chi connectivity index (χ0) is 21.1. The summed E-state index contributed by atoms with van der Waals surface area (Å²) in [6.07, 6.45) is 5.47. The standard InChI is InChI=1S/C21H29F2N7/c1-14-27-28-19(29(14)2)12-24-21(25-15-6-3-4-7-15)26-16-10-11-30(13-16)20-17(22)8-5-9-18(20)23/h5,8-9,15-16H,3-4,6-7,10-13H2,1-2H3,(H2,24,25,26). The third-order valence-corrected chi connectivity index (χ3v) is 6.04. The fraction of sp³-hybridized carbons (Fsp3) is 0.571. The molecule has 2 fully saturated rings. The van der Waals surface area contributed by atoms with Gasteiger partial charge in [0.1, 0.15) is 29.7 Å². The molecule has 30 heavy (non-hydrogen) atoms. The molecule has 0 radical (unpaired) electrons. The van der Waals surface area contributed by atoms with Crippen LogP contribution in [0.15, 0.2) is 23.2 Å². The minimum Gasteiger partial charge on any atom is -0.365 e.